The van der Waals surface area contributed by atoms with Gasteiger partial charge in [-0.1, -0.05) is 41.4 Å². The normalized spacial score (nSPS) is 11.6. The Morgan fingerprint density at radius 1 is 1.04 bits per heavy atom. The molecule has 28 heavy (non-hydrogen) atoms. The van der Waals surface area contributed by atoms with E-state index in [1.807, 2.05) is 30.3 Å². The number of nitrogens with zero attached hydrogens (tertiary/aromatic N) is 3. The van der Waals surface area contributed by atoms with Crippen LogP contribution in [0.5, 0.6) is 0 Å². The number of para-hydroxylation sites is 1. The Hall–Kier alpha value is -2.34. The van der Waals surface area contributed by atoms with Crippen LogP contribution in [0.25, 0.3) is 33.5 Å². The molecule has 5 nitrogen and oxygen atoms in total. The number of hydrogen-bond acceptors (Lipinski definition) is 5. The summed E-state index contributed by atoms with van der Waals surface area (Å²) in [5.41, 5.74) is 1.52. The van der Waals surface area contributed by atoms with Gasteiger partial charge in [0.15, 0.2) is 11.6 Å². The van der Waals surface area contributed by atoms with E-state index in [0.29, 0.717) is 21.6 Å². The van der Waals surface area contributed by atoms with Crippen molar-refractivity contribution in [2.75, 3.05) is 32.5 Å². The van der Waals surface area contributed by atoms with Crippen molar-refractivity contribution >= 4 is 50.9 Å². The average molecular weight is 415 g/mol. The first kappa shape index (κ1) is 19.0. The number of aromatic nitrogens is 2. The predicted octanol–water partition coefficient (Wildman–Crippen LogP) is 5.71. The molecule has 0 bridgehead atoms. The molecule has 4 rings (SSSR count). The molecule has 0 fully saturated rings. The highest BCUT2D eigenvalue weighted by molar-refractivity contribution is 6.42. The zero-order valence-corrected chi connectivity index (χ0v) is 17.2. The van der Waals surface area contributed by atoms with Crippen LogP contribution in [0.3, 0.4) is 0 Å². The van der Waals surface area contributed by atoms with E-state index in [2.05, 4.69) is 29.3 Å². The number of anilines is 1. The van der Waals surface area contributed by atoms with Crippen LogP contribution in [0.1, 0.15) is 6.42 Å². The number of hydrogen-bond donors (Lipinski definition) is 1. The molecule has 2 aromatic heterocycles. The number of halogens is 2. The molecule has 2 aromatic carbocycles. The van der Waals surface area contributed by atoms with Crippen LogP contribution >= 0.6 is 23.2 Å². The minimum atomic E-state index is 0.460. The first-order valence-electron chi connectivity index (χ1n) is 9.05. The highest BCUT2D eigenvalue weighted by Gasteiger charge is 2.15. The summed E-state index contributed by atoms with van der Waals surface area (Å²) in [5.74, 6) is 1.85. The maximum atomic E-state index is 6.23. The molecule has 0 aliphatic rings. The molecular formula is C21H20Cl2N4O. The van der Waals surface area contributed by atoms with Gasteiger partial charge in [-0.3, -0.25) is 0 Å². The highest BCUT2D eigenvalue weighted by atomic mass is 35.5. The smallest absolute Gasteiger partial charge is 0.198 e. The van der Waals surface area contributed by atoms with Crippen LogP contribution in [-0.2, 0) is 0 Å². The second-order valence-electron chi connectivity index (χ2n) is 6.91. The number of nitrogens with one attached hydrogen (secondary N) is 1. The summed E-state index contributed by atoms with van der Waals surface area (Å²) in [5, 5.41) is 6.19. The summed E-state index contributed by atoms with van der Waals surface area (Å²) in [6, 6.07) is 13.4. The molecule has 0 atom stereocenters. The zero-order valence-electron chi connectivity index (χ0n) is 15.7. The van der Waals surface area contributed by atoms with Gasteiger partial charge in [0, 0.05) is 17.3 Å². The van der Waals surface area contributed by atoms with Crippen molar-refractivity contribution in [3.8, 4) is 11.6 Å². The largest absolute Gasteiger partial charge is 0.453 e. The quantitative estimate of drug-likeness (QED) is 0.409. The van der Waals surface area contributed by atoms with Crippen molar-refractivity contribution in [2.45, 2.75) is 6.42 Å². The summed E-state index contributed by atoms with van der Waals surface area (Å²) >= 11 is 12.5. The fourth-order valence-corrected chi connectivity index (χ4v) is 3.38. The van der Waals surface area contributed by atoms with Crippen molar-refractivity contribution in [1.29, 1.82) is 0 Å². The van der Waals surface area contributed by atoms with Gasteiger partial charge in [-0.05, 0) is 51.3 Å². The Morgan fingerprint density at radius 2 is 1.82 bits per heavy atom. The minimum Gasteiger partial charge on any atom is -0.453 e. The molecule has 0 amide bonds. The Balaban J connectivity index is 1.77. The fraction of sp³-hybridized carbons (Fsp3) is 0.238. The van der Waals surface area contributed by atoms with Gasteiger partial charge in [-0.15, -0.1) is 0 Å². The Bertz CT molecular complexity index is 1110. The van der Waals surface area contributed by atoms with E-state index in [1.165, 1.54) is 0 Å². The molecule has 0 unspecified atom stereocenters. The maximum Gasteiger partial charge on any atom is 0.198 e. The van der Waals surface area contributed by atoms with Crippen LogP contribution < -0.4 is 5.32 Å². The van der Waals surface area contributed by atoms with E-state index in [-0.39, 0.29) is 0 Å². The van der Waals surface area contributed by atoms with Gasteiger partial charge >= 0.3 is 0 Å². The first-order valence-corrected chi connectivity index (χ1v) is 9.81. The molecule has 1 N–H and O–H groups in total. The SMILES string of the molecule is CN(C)CCCNc1nc(-c2cc3ccccc3o2)nc2cc(Cl)c(Cl)cc12. The second-order valence-corrected chi connectivity index (χ2v) is 7.73. The van der Waals surface area contributed by atoms with Crippen molar-refractivity contribution in [1.82, 2.24) is 14.9 Å². The third-order valence-corrected chi connectivity index (χ3v) is 5.18. The summed E-state index contributed by atoms with van der Waals surface area (Å²) in [6.45, 7) is 1.77. The van der Waals surface area contributed by atoms with Gasteiger partial charge in [0.05, 0.1) is 15.6 Å². The predicted molar refractivity (Wildman–Crippen MR) is 116 cm³/mol. The number of furan rings is 1. The summed E-state index contributed by atoms with van der Waals surface area (Å²) in [7, 11) is 4.11. The number of benzene rings is 2. The van der Waals surface area contributed by atoms with E-state index < -0.39 is 0 Å². The number of rotatable bonds is 6. The highest BCUT2D eigenvalue weighted by Crippen LogP contribution is 2.33. The van der Waals surface area contributed by atoms with E-state index in [4.69, 9.17) is 32.6 Å². The van der Waals surface area contributed by atoms with E-state index in [9.17, 15) is 0 Å². The lowest BCUT2D eigenvalue weighted by Crippen LogP contribution is -2.16. The van der Waals surface area contributed by atoms with Crippen LogP contribution in [0.15, 0.2) is 46.9 Å². The van der Waals surface area contributed by atoms with Crippen LogP contribution in [0.2, 0.25) is 10.0 Å². The van der Waals surface area contributed by atoms with E-state index in [0.717, 1.165) is 47.2 Å². The molecule has 0 saturated carbocycles. The Kier molecular flexibility index (Phi) is 5.40. The summed E-state index contributed by atoms with van der Waals surface area (Å²) < 4.78 is 5.95. The third-order valence-electron chi connectivity index (χ3n) is 4.46. The molecule has 144 valence electrons. The molecule has 4 aromatic rings. The molecule has 0 saturated heterocycles. The number of fused-ring (bicyclic) bond motifs is 2. The monoisotopic (exact) mass is 414 g/mol. The topological polar surface area (TPSA) is 54.2 Å². The fourth-order valence-electron chi connectivity index (χ4n) is 3.06. The van der Waals surface area contributed by atoms with E-state index in [1.54, 1.807) is 12.1 Å². The molecule has 0 radical (unpaired) electrons. The van der Waals surface area contributed by atoms with Crippen molar-refractivity contribution < 1.29 is 4.42 Å². The lowest BCUT2D eigenvalue weighted by atomic mass is 10.2. The lowest BCUT2D eigenvalue weighted by Gasteiger charge is -2.13. The van der Waals surface area contributed by atoms with Crippen LogP contribution in [0.4, 0.5) is 5.82 Å². The Labute approximate surface area is 173 Å². The lowest BCUT2D eigenvalue weighted by molar-refractivity contribution is 0.405. The third kappa shape index (κ3) is 3.92. The molecule has 0 spiro atoms. The van der Waals surface area contributed by atoms with Gasteiger partial charge in [-0.25, -0.2) is 9.97 Å². The zero-order chi connectivity index (χ0) is 19.7. The standard InChI is InChI=1S/C21H20Cl2N4O/c1-27(2)9-5-8-24-20-14-11-15(22)16(23)12-17(14)25-21(26-20)19-10-13-6-3-4-7-18(13)28-19/h3-4,6-7,10-12H,5,8-9H2,1-2H3,(H,24,25,26). The minimum absolute atomic E-state index is 0.460. The van der Waals surface area contributed by atoms with Crippen molar-refractivity contribution in [3.05, 3.63) is 52.5 Å². The van der Waals surface area contributed by atoms with Crippen molar-refractivity contribution in [2.24, 2.45) is 0 Å². The average Bonchev–Trinajstić information content (AvgIpc) is 3.10. The van der Waals surface area contributed by atoms with Crippen LogP contribution in [-0.4, -0.2) is 42.1 Å². The summed E-state index contributed by atoms with van der Waals surface area (Å²) in [6.07, 6.45) is 0.986. The maximum absolute atomic E-state index is 6.23. The van der Waals surface area contributed by atoms with Gasteiger partial charge in [0.2, 0.25) is 0 Å². The van der Waals surface area contributed by atoms with Crippen LogP contribution in [0, 0.1) is 0 Å². The molecule has 2 heterocycles. The van der Waals surface area contributed by atoms with E-state index >= 15 is 0 Å². The van der Waals surface area contributed by atoms with Gasteiger partial charge in [0.1, 0.15) is 11.4 Å². The molecule has 7 heteroatoms. The van der Waals surface area contributed by atoms with Gasteiger partial charge in [-0.2, -0.15) is 0 Å². The van der Waals surface area contributed by atoms with Gasteiger partial charge < -0.3 is 14.6 Å². The second kappa shape index (κ2) is 7.95. The van der Waals surface area contributed by atoms with Gasteiger partial charge in [0.25, 0.3) is 0 Å². The summed E-state index contributed by atoms with van der Waals surface area (Å²) in [4.78, 5) is 11.5. The molecular weight excluding hydrogens is 395 g/mol. The first-order chi connectivity index (χ1) is 13.5. The molecule has 0 aliphatic carbocycles. The van der Waals surface area contributed by atoms with Crippen molar-refractivity contribution in [3.63, 3.8) is 0 Å². The Morgan fingerprint density at radius 3 is 2.61 bits per heavy atom. The molecule has 0 aliphatic heterocycles.